The number of rotatable bonds is 5. The molecular formula is C20H22FN5O. The number of amides is 1. The number of hydrazine groups is 1. The van der Waals surface area contributed by atoms with Gasteiger partial charge in [0.1, 0.15) is 17.7 Å². The van der Waals surface area contributed by atoms with E-state index in [2.05, 4.69) is 21.2 Å². The Morgan fingerprint density at radius 1 is 1.33 bits per heavy atom. The molecule has 0 spiro atoms. The second-order valence-corrected chi connectivity index (χ2v) is 6.85. The van der Waals surface area contributed by atoms with Crippen molar-refractivity contribution < 1.29 is 9.18 Å². The van der Waals surface area contributed by atoms with Crippen molar-refractivity contribution in [3.05, 3.63) is 71.6 Å². The van der Waals surface area contributed by atoms with Crippen molar-refractivity contribution in [3.8, 4) is 0 Å². The molecule has 1 fully saturated rings. The smallest absolute Gasteiger partial charge is 0.238 e. The maximum atomic E-state index is 13.4. The molecule has 1 amide bonds. The minimum absolute atomic E-state index is 0.0173. The summed E-state index contributed by atoms with van der Waals surface area (Å²) in [6, 6.07) is 10.6. The van der Waals surface area contributed by atoms with Gasteiger partial charge in [-0.05, 0) is 42.7 Å². The average molecular weight is 367 g/mol. The lowest BCUT2D eigenvalue weighted by Crippen LogP contribution is -2.43. The van der Waals surface area contributed by atoms with Gasteiger partial charge in [0.05, 0.1) is 11.7 Å². The summed E-state index contributed by atoms with van der Waals surface area (Å²) in [6.07, 6.45) is 5.07. The number of aromatic nitrogens is 2. The van der Waals surface area contributed by atoms with E-state index in [1.165, 1.54) is 6.07 Å². The van der Waals surface area contributed by atoms with E-state index in [1.807, 2.05) is 41.1 Å². The minimum Gasteiger partial charge on any atom is -0.354 e. The first kappa shape index (κ1) is 17.6. The number of benzene rings is 1. The summed E-state index contributed by atoms with van der Waals surface area (Å²) in [4.78, 5) is 16.8. The molecule has 0 aliphatic carbocycles. The van der Waals surface area contributed by atoms with Crippen molar-refractivity contribution in [2.45, 2.75) is 31.8 Å². The topological polar surface area (TPSA) is 70.5 Å². The third kappa shape index (κ3) is 3.70. The quantitative estimate of drug-likeness (QED) is 0.646. The molecule has 3 N–H and O–H groups in total. The Balaban J connectivity index is 1.31. The van der Waals surface area contributed by atoms with E-state index in [0.29, 0.717) is 24.9 Å². The third-order valence-corrected chi connectivity index (χ3v) is 4.97. The van der Waals surface area contributed by atoms with Crippen LogP contribution in [0.1, 0.15) is 29.4 Å². The fourth-order valence-corrected chi connectivity index (χ4v) is 3.44. The van der Waals surface area contributed by atoms with Gasteiger partial charge in [-0.3, -0.25) is 4.79 Å². The highest BCUT2D eigenvalue weighted by atomic mass is 19.1. The highest BCUT2D eigenvalue weighted by molar-refractivity contribution is 5.82. The Morgan fingerprint density at radius 2 is 2.22 bits per heavy atom. The molecule has 3 heterocycles. The van der Waals surface area contributed by atoms with Crippen molar-refractivity contribution in [2.75, 3.05) is 6.54 Å². The number of carbonyl (C=O) groups excluding carboxylic acids is 1. The van der Waals surface area contributed by atoms with Crippen LogP contribution in [-0.4, -0.2) is 27.9 Å². The predicted molar refractivity (Wildman–Crippen MR) is 100 cm³/mol. The summed E-state index contributed by atoms with van der Waals surface area (Å²) < 4.78 is 15.5. The Kier molecular flexibility index (Phi) is 4.87. The standard InChI is InChI=1S/C20H22FN5O/c1-13-10-14(5-6-16(13)21)17-11-18(25-24-17)20(27)22-8-7-19-23-12-15-4-2-3-9-26(15)19/h2-6,9-10,12,17-18,24-25H,7-8,11H2,1H3,(H,22,27). The number of nitrogens with one attached hydrogen (secondary N) is 3. The number of hydrogen-bond donors (Lipinski definition) is 3. The third-order valence-electron chi connectivity index (χ3n) is 4.97. The summed E-state index contributed by atoms with van der Waals surface area (Å²) in [5.41, 5.74) is 8.78. The van der Waals surface area contributed by atoms with Gasteiger partial charge < -0.3 is 9.72 Å². The molecule has 2 unspecified atom stereocenters. The summed E-state index contributed by atoms with van der Waals surface area (Å²) in [5.74, 6) is 0.651. The molecule has 0 saturated carbocycles. The number of fused-ring (bicyclic) bond motifs is 1. The number of pyridine rings is 1. The van der Waals surface area contributed by atoms with E-state index >= 15 is 0 Å². The van der Waals surface area contributed by atoms with Crippen LogP contribution in [0.5, 0.6) is 0 Å². The largest absolute Gasteiger partial charge is 0.354 e. The number of imidazole rings is 1. The molecule has 2 atom stereocenters. The summed E-state index contributed by atoms with van der Waals surface area (Å²) in [5, 5.41) is 2.97. The highest BCUT2D eigenvalue weighted by Crippen LogP contribution is 2.24. The van der Waals surface area contributed by atoms with Crippen molar-refractivity contribution in [2.24, 2.45) is 0 Å². The van der Waals surface area contributed by atoms with E-state index in [9.17, 15) is 9.18 Å². The molecule has 1 saturated heterocycles. The van der Waals surface area contributed by atoms with Gasteiger partial charge in [-0.1, -0.05) is 18.2 Å². The summed E-state index contributed by atoms with van der Waals surface area (Å²) >= 11 is 0. The molecule has 4 rings (SSSR count). The lowest BCUT2D eigenvalue weighted by molar-refractivity contribution is -0.122. The zero-order chi connectivity index (χ0) is 18.8. The first-order valence-corrected chi connectivity index (χ1v) is 9.07. The van der Waals surface area contributed by atoms with Crippen LogP contribution in [0.15, 0.2) is 48.8 Å². The lowest BCUT2D eigenvalue weighted by Gasteiger charge is -2.11. The molecule has 1 aliphatic heterocycles. The number of carbonyl (C=O) groups is 1. The minimum atomic E-state index is -0.322. The maximum absolute atomic E-state index is 13.4. The fourth-order valence-electron chi connectivity index (χ4n) is 3.44. The monoisotopic (exact) mass is 367 g/mol. The zero-order valence-electron chi connectivity index (χ0n) is 15.1. The van der Waals surface area contributed by atoms with Crippen molar-refractivity contribution in [1.29, 1.82) is 0 Å². The van der Waals surface area contributed by atoms with E-state index in [0.717, 1.165) is 16.9 Å². The van der Waals surface area contributed by atoms with Crippen molar-refractivity contribution >= 4 is 11.4 Å². The zero-order valence-corrected chi connectivity index (χ0v) is 15.1. The molecule has 2 aromatic heterocycles. The van der Waals surface area contributed by atoms with Crippen LogP contribution in [0.2, 0.25) is 0 Å². The van der Waals surface area contributed by atoms with Crippen LogP contribution in [0, 0.1) is 12.7 Å². The highest BCUT2D eigenvalue weighted by Gasteiger charge is 2.30. The van der Waals surface area contributed by atoms with Crippen LogP contribution >= 0.6 is 0 Å². The van der Waals surface area contributed by atoms with Crippen LogP contribution in [0.3, 0.4) is 0 Å². The summed E-state index contributed by atoms with van der Waals surface area (Å²) in [7, 11) is 0. The van der Waals surface area contributed by atoms with Crippen molar-refractivity contribution in [1.82, 2.24) is 25.6 Å². The number of halogens is 1. The van der Waals surface area contributed by atoms with Crippen LogP contribution in [0.25, 0.3) is 5.52 Å². The van der Waals surface area contributed by atoms with E-state index in [4.69, 9.17) is 0 Å². The van der Waals surface area contributed by atoms with Crippen molar-refractivity contribution in [3.63, 3.8) is 0 Å². The molecule has 0 radical (unpaired) electrons. The lowest BCUT2D eigenvalue weighted by atomic mass is 10.00. The van der Waals surface area contributed by atoms with Gasteiger partial charge in [-0.25, -0.2) is 20.2 Å². The molecule has 140 valence electrons. The van der Waals surface area contributed by atoms with E-state index in [-0.39, 0.29) is 23.8 Å². The van der Waals surface area contributed by atoms with Crippen LogP contribution in [-0.2, 0) is 11.2 Å². The van der Waals surface area contributed by atoms with Gasteiger partial charge in [0.15, 0.2) is 0 Å². The van der Waals surface area contributed by atoms with Gasteiger partial charge in [0.25, 0.3) is 0 Å². The molecule has 1 aromatic carbocycles. The second kappa shape index (κ2) is 7.46. The molecule has 7 heteroatoms. The van der Waals surface area contributed by atoms with Gasteiger partial charge in [-0.15, -0.1) is 0 Å². The fraction of sp³-hybridized carbons (Fsp3) is 0.300. The van der Waals surface area contributed by atoms with Gasteiger partial charge in [-0.2, -0.15) is 0 Å². The first-order valence-electron chi connectivity index (χ1n) is 9.07. The second-order valence-electron chi connectivity index (χ2n) is 6.85. The average Bonchev–Trinajstić information content (AvgIpc) is 3.32. The predicted octanol–water partition coefficient (Wildman–Crippen LogP) is 2.05. The Labute approximate surface area is 156 Å². The maximum Gasteiger partial charge on any atom is 0.238 e. The molecule has 3 aromatic rings. The number of nitrogens with zero attached hydrogens (tertiary/aromatic N) is 2. The normalized spacial score (nSPS) is 19.5. The van der Waals surface area contributed by atoms with Crippen LogP contribution < -0.4 is 16.2 Å². The molecular weight excluding hydrogens is 345 g/mol. The molecule has 27 heavy (non-hydrogen) atoms. The van der Waals surface area contributed by atoms with E-state index < -0.39 is 0 Å². The van der Waals surface area contributed by atoms with Crippen LogP contribution in [0.4, 0.5) is 4.39 Å². The Morgan fingerprint density at radius 3 is 3.07 bits per heavy atom. The van der Waals surface area contributed by atoms with Gasteiger partial charge in [0, 0.05) is 25.2 Å². The molecule has 6 nitrogen and oxygen atoms in total. The Bertz CT molecular complexity index is 970. The Hall–Kier alpha value is -2.77. The number of hydrogen-bond acceptors (Lipinski definition) is 4. The first-order chi connectivity index (χ1) is 13.1. The molecule has 0 bridgehead atoms. The van der Waals surface area contributed by atoms with Gasteiger partial charge >= 0.3 is 0 Å². The molecule has 1 aliphatic rings. The van der Waals surface area contributed by atoms with E-state index in [1.54, 1.807) is 13.0 Å². The SMILES string of the molecule is Cc1cc(C2CC(C(=O)NCCc3ncc4ccccn34)NN2)ccc1F. The number of aryl methyl sites for hydroxylation is 1. The van der Waals surface area contributed by atoms with Gasteiger partial charge in [0.2, 0.25) is 5.91 Å². The summed E-state index contributed by atoms with van der Waals surface area (Å²) in [6.45, 7) is 2.26.